The number of hydrogen-bond donors (Lipinski definition) is 2. The minimum atomic E-state index is -0.865. The molecule has 0 aliphatic heterocycles. The lowest BCUT2D eigenvalue weighted by Gasteiger charge is -2.10. The Kier molecular flexibility index (Phi) is 5.53. The third kappa shape index (κ3) is 4.27. The predicted molar refractivity (Wildman–Crippen MR) is 110 cm³/mol. The van der Waals surface area contributed by atoms with Crippen LogP contribution in [-0.4, -0.2) is 23.1 Å². The van der Waals surface area contributed by atoms with Crippen LogP contribution in [-0.2, 0) is 6.54 Å². The number of hydrogen-bond acceptors (Lipinski definition) is 3. The zero-order chi connectivity index (χ0) is 20.2. The van der Waals surface area contributed by atoms with Crippen molar-refractivity contribution >= 4 is 10.9 Å². The summed E-state index contributed by atoms with van der Waals surface area (Å²) < 4.78 is 33.4. The monoisotopic (exact) mass is 393 g/mol. The maximum absolute atomic E-state index is 14.0. The van der Waals surface area contributed by atoms with Gasteiger partial charge in [0.05, 0.1) is 0 Å². The van der Waals surface area contributed by atoms with Gasteiger partial charge in [-0.2, -0.15) is 0 Å². The first-order valence-corrected chi connectivity index (χ1v) is 9.42. The summed E-state index contributed by atoms with van der Waals surface area (Å²) in [4.78, 5) is 7.45. The molecule has 0 amide bonds. The second-order valence-corrected chi connectivity index (χ2v) is 6.88. The van der Waals surface area contributed by atoms with E-state index in [1.807, 2.05) is 31.2 Å². The average molecular weight is 393 g/mol. The number of rotatable bonds is 7. The average Bonchev–Trinajstić information content (AvgIpc) is 3.11. The summed E-state index contributed by atoms with van der Waals surface area (Å²) in [5.74, 6) is -0.878. The van der Waals surface area contributed by atoms with Crippen molar-refractivity contribution < 1.29 is 13.5 Å². The van der Waals surface area contributed by atoms with Gasteiger partial charge in [0.15, 0.2) is 11.6 Å². The fourth-order valence-electron chi connectivity index (χ4n) is 3.32. The predicted octanol–water partition coefficient (Wildman–Crippen LogP) is 4.99. The van der Waals surface area contributed by atoms with Crippen LogP contribution in [0.15, 0.2) is 60.9 Å². The number of aryl methyl sites for hydroxylation is 1. The van der Waals surface area contributed by atoms with Gasteiger partial charge in [0.1, 0.15) is 12.4 Å². The van der Waals surface area contributed by atoms with Crippen molar-refractivity contribution in [3.63, 3.8) is 0 Å². The highest BCUT2D eigenvalue weighted by molar-refractivity contribution is 5.86. The molecule has 2 aromatic carbocycles. The van der Waals surface area contributed by atoms with E-state index >= 15 is 0 Å². The molecule has 0 unspecified atom stereocenters. The Morgan fingerprint density at radius 1 is 1.07 bits per heavy atom. The second-order valence-electron chi connectivity index (χ2n) is 6.88. The number of aromatic nitrogens is 2. The molecule has 4 nitrogen and oxygen atoms in total. The van der Waals surface area contributed by atoms with E-state index in [9.17, 15) is 8.78 Å². The van der Waals surface area contributed by atoms with E-state index in [2.05, 4.69) is 21.4 Å². The molecule has 0 atom stereocenters. The number of pyridine rings is 1. The molecule has 0 saturated heterocycles. The van der Waals surface area contributed by atoms with E-state index in [-0.39, 0.29) is 5.56 Å². The molecule has 0 aliphatic rings. The van der Waals surface area contributed by atoms with Crippen molar-refractivity contribution in [3.05, 3.63) is 83.8 Å². The summed E-state index contributed by atoms with van der Waals surface area (Å²) >= 11 is 0. The van der Waals surface area contributed by atoms with Crippen LogP contribution in [0.1, 0.15) is 11.3 Å². The van der Waals surface area contributed by atoms with Gasteiger partial charge in [-0.25, -0.2) is 8.78 Å². The molecule has 0 radical (unpaired) electrons. The molecule has 4 aromatic rings. The minimum Gasteiger partial charge on any atom is -0.492 e. The van der Waals surface area contributed by atoms with Crippen LogP contribution in [0, 0.1) is 18.6 Å². The van der Waals surface area contributed by atoms with Gasteiger partial charge in [-0.15, -0.1) is 0 Å². The Balaban J connectivity index is 1.33. The lowest BCUT2D eigenvalue weighted by atomic mass is 10.1. The van der Waals surface area contributed by atoms with Gasteiger partial charge < -0.3 is 15.0 Å². The highest BCUT2D eigenvalue weighted by atomic mass is 19.2. The van der Waals surface area contributed by atoms with Crippen molar-refractivity contribution in [1.29, 1.82) is 0 Å². The second kappa shape index (κ2) is 8.41. The van der Waals surface area contributed by atoms with Crippen molar-refractivity contribution in [2.75, 3.05) is 13.2 Å². The summed E-state index contributed by atoms with van der Waals surface area (Å²) in [6.07, 6.45) is 3.24. The number of fused-ring (bicyclic) bond motifs is 1. The van der Waals surface area contributed by atoms with Crippen LogP contribution in [0.3, 0.4) is 0 Å². The van der Waals surface area contributed by atoms with Gasteiger partial charge in [-0.1, -0.05) is 18.2 Å². The first-order chi connectivity index (χ1) is 14.1. The molecular formula is C23H21F2N3O. The lowest BCUT2D eigenvalue weighted by Crippen LogP contribution is -2.20. The number of ether oxygens (including phenoxy) is 1. The van der Waals surface area contributed by atoms with E-state index < -0.39 is 11.6 Å². The smallest absolute Gasteiger partial charge is 0.166 e. The normalized spacial score (nSPS) is 11.1. The van der Waals surface area contributed by atoms with Gasteiger partial charge in [-0.05, 0) is 42.8 Å². The molecular weight excluding hydrogens is 372 g/mol. The SMILES string of the molecule is Cc1cc2c(OCCNCc3cncc(-c4cccc(F)c4F)c3)cccc2[nH]1. The number of aromatic amines is 1. The molecule has 2 heterocycles. The highest BCUT2D eigenvalue weighted by Crippen LogP contribution is 2.26. The molecule has 4 rings (SSSR count). The molecule has 0 fully saturated rings. The van der Waals surface area contributed by atoms with E-state index in [0.29, 0.717) is 25.3 Å². The quantitative estimate of drug-likeness (QED) is 0.435. The molecule has 0 bridgehead atoms. The lowest BCUT2D eigenvalue weighted by molar-refractivity contribution is 0.317. The maximum Gasteiger partial charge on any atom is 0.166 e. The Labute approximate surface area is 167 Å². The zero-order valence-electron chi connectivity index (χ0n) is 16.0. The Hall–Kier alpha value is -3.25. The number of nitrogens with one attached hydrogen (secondary N) is 2. The Morgan fingerprint density at radius 3 is 2.83 bits per heavy atom. The number of benzene rings is 2. The summed E-state index contributed by atoms with van der Waals surface area (Å²) in [5.41, 5.74) is 3.79. The molecule has 2 aromatic heterocycles. The molecule has 29 heavy (non-hydrogen) atoms. The number of nitrogens with zero attached hydrogens (tertiary/aromatic N) is 1. The summed E-state index contributed by atoms with van der Waals surface area (Å²) in [6, 6.07) is 14.0. The maximum atomic E-state index is 14.0. The van der Waals surface area contributed by atoms with Crippen LogP contribution in [0.2, 0.25) is 0 Å². The molecule has 2 N–H and O–H groups in total. The zero-order valence-corrected chi connectivity index (χ0v) is 16.0. The summed E-state index contributed by atoms with van der Waals surface area (Å²) in [5, 5.41) is 4.36. The largest absolute Gasteiger partial charge is 0.492 e. The molecule has 0 saturated carbocycles. The van der Waals surface area contributed by atoms with Crippen LogP contribution >= 0.6 is 0 Å². The van der Waals surface area contributed by atoms with Crippen molar-refractivity contribution in [3.8, 4) is 16.9 Å². The van der Waals surface area contributed by atoms with Crippen molar-refractivity contribution in [2.24, 2.45) is 0 Å². The van der Waals surface area contributed by atoms with Crippen LogP contribution in [0.5, 0.6) is 5.75 Å². The fraction of sp³-hybridized carbons (Fsp3) is 0.174. The van der Waals surface area contributed by atoms with Gasteiger partial charge in [-0.3, -0.25) is 4.98 Å². The Morgan fingerprint density at radius 2 is 1.93 bits per heavy atom. The molecule has 148 valence electrons. The van der Waals surface area contributed by atoms with Gasteiger partial charge in [0.25, 0.3) is 0 Å². The van der Waals surface area contributed by atoms with Crippen LogP contribution in [0.4, 0.5) is 8.78 Å². The highest BCUT2D eigenvalue weighted by Gasteiger charge is 2.10. The third-order valence-electron chi connectivity index (χ3n) is 4.68. The Bertz CT molecular complexity index is 1140. The van der Waals surface area contributed by atoms with E-state index in [1.165, 1.54) is 12.3 Å². The van der Waals surface area contributed by atoms with Crippen LogP contribution in [0.25, 0.3) is 22.0 Å². The number of halogens is 2. The molecule has 6 heteroatoms. The first kappa shape index (κ1) is 19.1. The van der Waals surface area contributed by atoms with Crippen LogP contribution < -0.4 is 10.1 Å². The fourth-order valence-corrected chi connectivity index (χ4v) is 3.32. The third-order valence-corrected chi connectivity index (χ3v) is 4.68. The number of H-pyrrole nitrogens is 1. The minimum absolute atomic E-state index is 0.206. The standard InChI is InChI=1S/C23H21F2N3O/c1-15-10-19-21(28-15)6-3-7-22(19)29-9-8-26-12-16-11-17(14-27-13-16)18-4-2-5-20(24)23(18)25/h2-7,10-11,13-14,26,28H,8-9,12H2,1H3. The van der Waals surface area contributed by atoms with Gasteiger partial charge >= 0.3 is 0 Å². The van der Waals surface area contributed by atoms with Gasteiger partial charge in [0.2, 0.25) is 0 Å². The summed E-state index contributed by atoms with van der Waals surface area (Å²) in [7, 11) is 0. The topological polar surface area (TPSA) is 49.9 Å². The van der Waals surface area contributed by atoms with Crippen molar-refractivity contribution in [1.82, 2.24) is 15.3 Å². The van der Waals surface area contributed by atoms with E-state index in [4.69, 9.17) is 4.74 Å². The van der Waals surface area contributed by atoms with Gasteiger partial charge in [0, 0.05) is 53.2 Å². The van der Waals surface area contributed by atoms with Crippen molar-refractivity contribution in [2.45, 2.75) is 13.5 Å². The first-order valence-electron chi connectivity index (χ1n) is 9.42. The van der Waals surface area contributed by atoms with E-state index in [0.717, 1.165) is 34.0 Å². The molecule has 0 spiro atoms. The molecule has 0 aliphatic carbocycles. The summed E-state index contributed by atoms with van der Waals surface area (Å²) in [6.45, 7) is 3.71. The van der Waals surface area contributed by atoms with E-state index in [1.54, 1.807) is 12.3 Å².